The number of sulfonamides is 1. The molecule has 7 nitrogen and oxygen atoms in total. The SMILES string of the molecule is CNCc1ccc(CS(=O)(=O)NCCc2ncon2)cc1. The highest BCUT2D eigenvalue weighted by molar-refractivity contribution is 7.88. The Bertz CT molecular complexity index is 639. The van der Waals surface area contributed by atoms with E-state index >= 15 is 0 Å². The molecule has 0 unspecified atom stereocenters. The summed E-state index contributed by atoms with van der Waals surface area (Å²) in [6, 6.07) is 7.48. The van der Waals surface area contributed by atoms with E-state index in [0.29, 0.717) is 12.2 Å². The first-order valence-electron chi connectivity index (χ1n) is 6.54. The van der Waals surface area contributed by atoms with Crippen molar-refractivity contribution < 1.29 is 12.9 Å². The van der Waals surface area contributed by atoms with Crippen LogP contribution < -0.4 is 10.0 Å². The molecule has 1 aromatic heterocycles. The Labute approximate surface area is 123 Å². The van der Waals surface area contributed by atoms with Crippen LogP contribution in [-0.4, -0.2) is 32.2 Å². The molecule has 2 N–H and O–H groups in total. The summed E-state index contributed by atoms with van der Waals surface area (Å²) in [5.74, 6) is 0.438. The second-order valence-corrected chi connectivity index (χ2v) is 6.40. The largest absolute Gasteiger partial charge is 0.343 e. The molecule has 21 heavy (non-hydrogen) atoms. The monoisotopic (exact) mass is 310 g/mol. The highest BCUT2D eigenvalue weighted by Gasteiger charge is 2.11. The normalized spacial score (nSPS) is 11.7. The van der Waals surface area contributed by atoms with Gasteiger partial charge in [0.2, 0.25) is 16.4 Å². The van der Waals surface area contributed by atoms with Gasteiger partial charge >= 0.3 is 0 Å². The Morgan fingerprint density at radius 1 is 1.19 bits per heavy atom. The van der Waals surface area contributed by atoms with E-state index in [2.05, 4.69) is 24.7 Å². The minimum atomic E-state index is -3.36. The van der Waals surface area contributed by atoms with Gasteiger partial charge in [-0.1, -0.05) is 29.4 Å². The van der Waals surface area contributed by atoms with Crippen LogP contribution in [0.4, 0.5) is 0 Å². The lowest BCUT2D eigenvalue weighted by Gasteiger charge is -2.07. The number of nitrogens with one attached hydrogen (secondary N) is 2. The summed E-state index contributed by atoms with van der Waals surface area (Å²) in [4.78, 5) is 3.83. The molecule has 0 atom stereocenters. The number of nitrogens with zero attached hydrogens (tertiary/aromatic N) is 2. The molecule has 0 aliphatic rings. The van der Waals surface area contributed by atoms with Crippen molar-refractivity contribution >= 4 is 10.0 Å². The summed E-state index contributed by atoms with van der Waals surface area (Å²) >= 11 is 0. The number of aromatic nitrogens is 2. The van der Waals surface area contributed by atoms with Gasteiger partial charge in [0.25, 0.3) is 0 Å². The number of benzene rings is 1. The van der Waals surface area contributed by atoms with Crippen LogP contribution in [0.3, 0.4) is 0 Å². The first-order chi connectivity index (χ1) is 10.1. The fourth-order valence-corrected chi connectivity index (χ4v) is 3.00. The highest BCUT2D eigenvalue weighted by atomic mass is 32.2. The summed E-state index contributed by atoms with van der Waals surface area (Å²) in [5.41, 5.74) is 1.87. The zero-order valence-corrected chi connectivity index (χ0v) is 12.6. The molecule has 0 aliphatic carbocycles. The molecule has 0 fully saturated rings. The van der Waals surface area contributed by atoms with Crippen LogP contribution in [0.2, 0.25) is 0 Å². The average Bonchev–Trinajstić information content (AvgIpc) is 2.94. The minimum absolute atomic E-state index is 0.0426. The van der Waals surface area contributed by atoms with Gasteiger partial charge in [0, 0.05) is 19.5 Å². The minimum Gasteiger partial charge on any atom is -0.343 e. The number of hydrogen-bond donors (Lipinski definition) is 2. The highest BCUT2D eigenvalue weighted by Crippen LogP contribution is 2.07. The van der Waals surface area contributed by atoms with Crippen LogP contribution in [0.1, 0.15) is 17.0 Å². The lowest BCUT2D eigenvalue weighted by Crippen LogP contribution is -2.27. The molecular weight excluding hydrogens is 292 g/mol. The van der Waals surface area contributed by atoms with Crippen molar-refractivity contribution in [2.75, 3.05) is 13.6 Å². The van der Waals surface area contributed by atoms with Gasteiger partial charge in [0.05, 0.1) is 5.75 Å². The Hall–Kier alpha value is -1.77. The van der Waals surface area contributed by atoms with Crippen LogP contribution in [0.5, 0.6) is 0 Å². The van der Waals surface area contributed by atoms with Gasteiger partial charge in [-0.05, 0) is 18.2 Å². The van der Waals surface area contributed by atoms with E-state index in [-0.39, 0.29) is 12.3 Å². The van der Waals surface area contributed by atoms with Crippen LogP contribution in [0, 0.1) is 0 Å². The maximum absolute atomic E-state index is 12.0. The topological polar surface area (TPSA) is 97.1 Å². The molecule has 1 aromatic carbocycles. The number of rotatable bonds is 8. The molecule has 0 bridgehead atoms. The first-order valence-corrected chi connectivity index (χ1v) is 8.19. The van der Waals surface area contributed by atoms with E-state index < -0.39 is 10.0 Å². The molecule has 1 heterocycles. The van der Waals surface area contributed by atoms with Crippen LogP contribution in [0.15, 0.2) is 35.2 Å². The van der Waals surface area contributed by atoms with Gasteiger partial charge in [-0.25, -0.2) is 13.1 Å². The van der Waals surface area contributed by atoms with Crippen molar-refractivity contribution in [2.24, 2.45) is 0 Å². The second-order valence-electron chi connectivity index (χ2n) is 4.60. The zero-order chi connectivity index (χ0) is 15.1. The molecule has 0 saturated carbocycles. The lowest BCUT2D eigenvalue weighted by molar-refractivity contribution is 0.410. The summed E-state index contributed by atoms with van der Waals surface area (Å²) < 4.78 is 31.0. The quantitative estimate of drug-likeness (QED) is 0.735. The third kappa shape index (κ3) is 5.25. The van der Waals surface area contributed by atoms with E-state index in [1.54, 1.807) is 0 Å². The second kappa shape index (κ2) is 7.30. The molecular formula is C13H18N4O3S. The van der Waals surface area contributed by atoms with Gasteiger partial charge < -0.3 is 9.84 Å². The van der Waals surface area contributed by atoms with E-state index in [1.165, 1.54) is 6.39 Å². The molecule has 114 valence electrons. The fraction of sp³-hybridized carbons (Fsp3) is 0.385. The smallest absolute Gasteiger partial charge is 0.215 e. The lowest BCUT2D eigenvalue weighted by atomic mass is 10.1. The predicted octanol–water partition coefficient (Wildman–Crippen LogP) is 0.451. The van der Waals surface area contributed by atoms with Crippen molar-refractivity contribution in [3.63, 3.8) is 0 Å². The maximum atomic E-state index is 12.0. The van der Waals surface area contributed by atoms with Gasteiger partial charge in [-0.15, -0.1) is 0 Å². The van der Waals surface area contributed by atoms with Crippen molar-refractivity contribution in [3.05, 3.63) is 47.6 Å². The van der Waals surface area contributed by atoms with E-state index in [1.807, 2.05) is 31.3 Å². The Kier molecular flexibility index (Phi) is 5.43. The molecule has 0 aliphatic heterocycles. The van der Waals surface area contributed by atoms with E-state index in [9.17, 15) is 8.42 Å². The van der Waals surface area contributed by atoms with Gasteiger partial charge in [0.1, 0.15) is 0 Å². The van der Waals surface area contributed by atoms with E-state index in [4.69, 9.17) is 0 Å². The van der Waals surface area contributed by atoms with Crippen molar-refractivity contribution in [2.45, 2.75) is 18.7 Å². The molecule has 0 radical (unpaired) electrons. The van der Waals surface area contributed by atoms with Crippen molar-refractivity contribution in [1.29, 1.82) is 0 Å². The van der Waals surface area contributed by atoms with Gasteiger partial charge in [-0.3, -0.25) is 0 Å². The third-order valence-electron chi connectivity index (χ3n) is 2.84. The Balaban J connectivity index is 1.85. The van der Waals surface area contributed by atoms with Gasteiger partial charge in [0.15, 0.2) is 5.82 Å². The fourth-order valence-electron chi connectivity index (χ4n) is 1.85. The van der Waals surface area contributed by atoms with Gasteiger partial charge in [-0.2, -0.15) is 4.98 Å². The summed E-state index contributed by atoms with van der Waals surface area (Å²) in [7, 11) is -1.50. The molecule has 2 aromatic rings. The maximum Gasteiger partial charge on any atom is 0.215 e. The molecule has 8 heteroatoms. The molecule has 0 saturated heterocycles. The predicted molar refractivity (Wildman–Crippen MR) is 77.8 cm³/mol. The van der Waals surface area contributed by atoms with Crippen molar-refractivity contribution in [3.8, 4) is 0 Å². The molecule has 0 amide bonds. The number of hydrogen-bond acceptors (Lipinski definition) is 6. The summed E-state index contributed by atoms with van der Waals surface area (Å²) in [6.07, 6.45) is 1.62. The molecule has 0 spiro atoms. The first kappa shape index (κ1) is 15.6. The zero-order valence-electron chi connectivity index (χ0n) is 11.7. The Morgan fingerprint density at radius 3 is 2.52 bits per heavy atom. The van der Waals surface area contributed by atoms with Crippen LogP contribution >= 0.6 is 0 Å². The average molecular weight is 310 g/mol. The van der Waals surface area contributed by atoms with Crippen LogP contribution in [-0.2, 0) is 28.7 Å². The van der Waals surface area contributed by atoms with Crippen molar-refractivity contribution in [1.82, 2.24) is 20.2 Å². The molecule has 2 rings (SSSR count). The summed E-state index contributed by atoms with van der Waals surface area (Å²) in [6.45, 7) is 1.01. The Morgan fingerprint density at radius 2 is 1.90 bits per heavy atom. The standard InChI is InChI=1S/C13H18N4O3S/c1-14-8-11-2-4-12(5-3-11)9-21(18,19)16-7-6-13-15-10-20-17-13/h2-5,10,14,16H,6-9H2,1H3. The van der Waals surface area contributed by atoms with Crippen LogP contribution in [0.25, 0.3) is 0 Å². The van der Waals surface area contributed by atoms with E-state index in [0.717, 1.165) is 17.7 Å². The summed E-state index contributed by atoms with van der Waals surface area (Å²) in [5, 5.41) is 6.66. The third-order valence-corrected chi connectivity index (χ3v) is 4.20.